The van der Waals surface area contributed by atoms with Crippen molar-refractivity contribution in [1.82, 2.24) is 0 Å². The van der Waals surface area contributed by atoms with Crippen LogP contribution in [0.5, 0.6) is 0 Å². The lowest BCUT2D eigenvalue weighted by Crippen LogP contribution is -2.12. The first-order valence-electron chi connectivity index (χ1n) is 9.33. The van der Waals surface area contributed by atoms with Crippen molar-refractivity contribution in [3.8, 4) is 0 Å². The molecule has 0 spiro atoms. The third-order valence-electron chi connectivity index (χ3n) is 4.66. The Morgan fingerprint density at radius 3 is 2.52 bits per heavy atom. The van der Waals surface area contributed by atoms with E-state index in [2.05, 4.69) is 10.6 Å². The van der Waals surface area contributed by atoms with Gasteiger partial charge in [-0.25, -0.2) is 9.18 Å². The van der Waals surface area contributed by atoms with Crippen LogP contribution in [0.1, 0.15) is 31.2 Å². The van der Waals surface area contributed by atoms with Crippen molar-refractivity contribution in [2.24, 2.45) is 0 Å². The molecule has 0 bridgehead atoms. The minimum absolute atomic E-state index is 0.185. The molecular weight excluding hydrogens is 419 g/mol. The van der Waals surface area contributed by atoms with Crippen LogP contribution < -0.4 is 16.3 Å². The van der Waals surface area contributed by atoms with Crippen LogP contribution in [0.3, 0.4) is 0 Å². The predicted octanol–water partition coefficient (Wildman–Crippen LogP) is 5.12. The maximum absolute atomic E-state index is 13.3. The Hall–Kier alpha value is -3.78. The lowest BCUT2D eigenvalue weighted by molar-refractivity contribution is 0.101. The SMILES string of the molecule is Cc1cc(NC(=O)c2cccc(F)c2)sc1C(=O)Nc1ccc2c(C)cc(=O)oc2c1. The summed E-state index contributed by atoms with van der Waals surface area (Å²) in [5.74, 6) is -1.33. The molecule has 0 saturated heterocycles. The molecule has 2 N–H and O–H groups in total. The average molecular weight is 436 g/mol. The van der Waals surface area contributed by atoms with Crippen molar-refractivity contribution in [1.29, 1.82) is 0 Å². The molecule has 4 rings (SSSR count). The zero-order chi connectivity index (χ0) is 22.1. The highest BCUT2D eigenvalue weighted by Gasteiger charge is 2.16. The molecule has 0 aliphatic rings. The second-order valence-corrected chi connectivity index (χ2v) is 8.05. The summed E-state index contributed by atoms with van der Waals surface area (Å²) in [6.45, 7) is 3.57. The largest absolute Gasteiger partial charge is 0.423 e. The Labute approximate surface area is 180 Å². The molecule has 6 nitrogen and oxygen atoms in total. The van der Waals surface area contributed by atoms with Crippen molar-refractivity contribution in [2.75, 3.05) is 10.6 Å². The Morgan fingerprint density at radius 2 is 1.74 bits per heavy atom. The summed E-state index contributed by atoms with van der Waals surface area (Å²) in [5, 5.41) is 6.72. The number of fused-ring (bicyclic) bond motifs is 1. The number of carbonyl (C=O) groups excluding carboxylic acids is 2. The summed E-state index contributed by atoms with van der Waals surface area (Å²) in [6, 6.07) is 13.5. The number of amides is 2. The van der Waals surface area contributed by atoms with E-state index in [4.69, 9.17) is 4.42 Å². The van der Waals surface area contributed by atoms with E-state index < -0.39 is 17.3 Å². The van der Waals surface area contributed by atoms with Gasteiger partial charge in [0.25, 0.3) is 11.8 Å². The van der Waals surface area contributed by atoms with Gasteiger partial charge in [-0.3, -0.25) is 9.59 Å². The van der Waals surface area contributed by atoms with E-state index in [1.807, 2.05) is 6.92 Å². The number of nitrogens with one attached hydrogen (secondary N) is 2. The van der Waals surface area contributed by atoms with Crippen molar-refractivity contribution in [3.63, 3.8) is 0 Å². The van der Waals surface area contributed by atoms with Crippen molar-refractivity contribution >= 4 is 44.8 Å². The molecule has 0 saturated carbocycles. The average Bonchev–Trinajstić information content (AvgIpc) is 3.07. The highest BCUT2D eigenvalue weighted by molar-refractivity contribution is 7.18. The van der Waals surface area contributed by atoms with Crippen LogP contribution in [0.15, 0.2) is 63.8 Å². The van der Waals surface area contributed by atoms with Gasteiger partial charge in [0.05, 0.1) is 9.88 Å². The fourth-order valence-electron chi connectivity index (χ4n) is 3.17. The molecule has 156 valence electrons. The van der Waals surface area contributed by atoms with Gasteiger partial charge in [0.2, 0.25) is 0 Å². The first-order valence-corrected chi connectivity index (χ1v) is 10.1. The fraction of sp³-hybridized carbons (Fsp3) is 0.0870. The number of hydrogen-bond acceptors (Lipinski definition) is 5. The van der Waals surface area contributed by atoms with Gasteiger partial charge < -0.3 is 15.1 Å². The lowest BCUT2D eigenvalue weighted by Gasteiger charge is -2.06. The molecule has 0 fully saturated rings. The molecule has 31 heavy (non-hydrogen) atoms. The van der Waals surface area contributed by atoms with Crippen LogP contribution in [0.4, 0.5) is 15.1 Å². The fourth-order valence-corrected chi connectivity index (χ4v) is 4.14. The van der Waals surface area contributed by atoms with E-state index in [-0.39, 0.29) is 11.5 Å². The van der Waals surface area contributed by atoms with E-state index in [1.54, 1.807) is 31.2 Å². The van der Waals surface area contributed by atoms with Gasteiger partial charge in [0, 0.05) is 28.8 Å². The van der Waals surface area contributed by atoms with Gasteiger partial charge in [-0.15, -0.1) is 11.3 Å². The Kier molecular flexibility index (Phi) is 5.39. The summed E-state index contributed by atoms with van der Waals surface area (Å²) in [5.41, 5.74) is 2.06. The van der Waals surface area contributed by atoms with E-state index >= 15 is 0 Å². The number of carbonyl (C=O) groups is 2. The van der Waals surface area contributed by atoms with Gasteiger partial charge >= 0.3 is 5.63 Å². The van der Waals surface area contributed by atoms with Gasteiger partial charge in [-0.05, 0) is 61.4 Å². The Bertz CT molecular complexity index is 1390. The van der Waals surface area contributed by atoms with E-state index in [0.29, 0.717) is 26.7 Å². The highest BCUT2D eigenvalue weighted by atomic mass is 32.1. The molecule has 0 aliphatic carbocycles. The van der Waals surface area contributed by atoms with E-state index in [1.165, 1.54) is 24.3 Å². The molecule has 8 heteroatoms. The molecule has 0 unspecified atom stereocenters. The predicted molar refractivity (Wildman–Crippen MR) is 119 cm³/mol. The maximum atomic E-state index is 13.3. The maximum Gasteiger partial charge on any atom is 0.336 e. The van der Waals surface area contributed by atoms with Crippen LogP contribution in [0.2, 0.25) is 0 Å². The summed E-state index contributed by atoms with van der Waals surface area (Å²) >= 11 is 1.11. The molecule has 2 aromatic heterocycles. The summed E-state index contributed by atoms with van der Waals surface area (Å²) in [6.07, 6.45) is 0. The van der Waals surface area contributed by atoms with E-state index in [9.17, 15) is 18.8 Å². The molecule has 0 aliphatic heterocycles. The van der Waals surface area contributed by atoms with Crippen LogP contribution in [-0.2, 0) is 0 Å². The highest BCUT2D eigenvalue weighted by Crippen LogP contribution is 2.29. The first-order chi connectivity index (χ1) is 14.8. The number of rotatable bonds is 4. The van der Waals surface area contributed by atoms with Crippen molar-refractivity contribution in [3.05, 3.63) is 92.4 Å². The number of benzene rings is 2. The molecule has 4 aromatic rings. The minimum atomic E-state index is -0.503. The first kappa shape index (κ1) is 20.5. The summed E-state index contributed by atoms with van der Waals surface area (Å²) < 4.78 is 18.5. The van der Waals surface area contributed by atoms with Gasteiger partial charge in [-0.2, -0.15) is 0 Å². The molecule has 2 aromatic carbocycles. The number of thiophene rings is 1. The second-order valence-electron chi connectivity index (χ2n) is 7.00. The third kappa shape index (κ3) is 4.39. The zero-order valence-corrected chi connectivity index (χ0v) is 17.4. The van der Waals surface area contributed by atoms with Crippen molar-refractivity contribution < 1.29 is 18.4 Å². The monoisotopic (exact) mass is 436 g/mol. The minimum Gasteiger partial charge on any atom is -0.423 e. The number of halogens is 1. The number of hydrogen-bond donors (Lipinski definition) is 2. The van der Waals surface area contributed by atoms with Gasteiger partial charge in [0.15, 0.2) is 0 Å². The van der Waals surface area contributed by atoms with Crippen LogP contribution in [0, 0.1) is 19.7 Å². The topological polar surface area (TPSA) is 88.4 Å². The molecular formula is C23H17FN2O4S. The summed E-state index contributed by atoms with van der Waals surface area (Å²) in [4.78, 5) is 37.1. The smallest absolute Gasteiger partial charge is 0.336 e. The quantitative estimate of drug-likeness (QED) is 0.435. The van der Waals surface area contributed by atoms with Gasteiger partial charge in [0.1, 0.15) is 11.4 Å². The van der Waals surface area contributed by atoms with Crippen molar-refractivity contribution in [2.45, 2.75) is 13.8 Å². The zero-order valence-electron chi connectivity index (χ0n) is 16.6. The standard InChI is InChI=1S/C23H17FN2O4S/c1-12-9-20(27)30-18-11-16(6-7-17(12)18)25-23(29)21-13(2)8-19(31-21)26-22(28)14-4-3-5-15(24)10-14/h3-11H,1-2H3,(H,25,29)(H,26,28). The number of anilines is 2. The summed E-state index contributed by atoms with van der Waals surface area (Å²) in [7, 11) is 0. The third-order valence-corrected chi connectivity index (χ3v) is 5.81. The molecule has 0 radical (unpaired) electrons. The van der Waals surface area contributed by atoms with Crippen LogP contribution in [-0.4, -0.2) is 11.8 Å². The normalized spacial score (nSPS) is 10.8. The lowest BCUT2D eigenvalue weighted by atomic mass is 10.1. The molecule has 2 heterocycles. The van der Waals surface area contributed by atoms with E-state index in [0.717, 1.165) is 28.4 Å². The Morgan fingerprint density at radius 1 is 0.935 bits per heavy atom. The molecule has 2 amide bonds. The number of aryl methyl sites for hydroxylation is 2. The Balaban J connectivity index is 1.53. The second kappa shape index (κ2) is 8.16. The van der Waals surface area contributed by atoms with Crippen LogP contribution in [0.25, 0.3) is 11.0 Å². The van der Waals surface area contributed by atoms with Crippen LogP contribution >= 0.6 is 11.3 Å². The van der Waals surface area contributed by atoms with Gasteiger partial charge in [-0.1, -0.05) is 6.07 Å². The molecule has 0 atom stereocenters.